The number of rotatable bonds is 5. The lowest BCUT2D eigenvalue weighted by molar-refractivity contribution is 0.320. The van der Waals surface area contributed by atoms with Gasteiger partial charge in [0, 0.05) is 17.9 Å². The van der Waals surface area contributed by atoms with Crippen molar-refractivity contribution in [1.82, 2.24) is 0 Å². The Labute approximate surface area is 94.3 Å². The van der Waals surface area contributed by atoms with Gasteiger partial charge in [0.25, 0.3) is 0 Å². The molecule has 5 heteroatoms. The van der Waals surface area contributed by atoms with Crippen molar-refractivity contribution >= 4 is 12.6 Å². The van der Waals surface area contributed by atoms with Crippen LogP contribution in [-0.2, 0) is 0 Å². The summed E-state index contributed by atoms with van der Waals surface area (Å²) in [4.78, 5) is 0. The molecule has 0 aliphatic rings. The van der Waals surface area contributed by atoms with Crippen LogP contribution in [-0.4, -0.2) is 23.8 Å². The highest BCUT2D eigenvalue weighted by Crippen LogP contribution is 2.12. The van der Waals surface area contributed by atoms with Gasteiger partial charge in [0.05, 0.1) is 6.61 Å². The number of hydrogen-bond donors (Lipinski definition) is 2. The molecular weight excluding hydrogens is 210 g/mol. The minimum Gasteiger partial charge on any atom is -0.493 e. The zero-order valence-electron chi connectivity index (χ0n) is 9.11. The van der Waals surface area contributed by atoms with Gasteiger partial charge in [-0.1, -0.05) is 11.6 Å². The lowest BCUT2D eigenvalue weighted by Gasteiger charge is -2.08. The van der Waals surface area contributed by atoms with E-state index in [2.05, 4.69) is 6.58 Å². The molecule has 0 unspecified atom stereocenters. The molecule has 0 bridgehead atoms. The molecule has 3 nitrogen and oxygen atoms in total. The van der Waals surface area contributed by atoms with Crippen molar-refractivity contribution in [3.63, 3.8) is 0 Å². The van der Waals surface area contributed by atoms with Gasteiger partial charge in [-0.3, -0.25) is 0 Å². The second-order valence-electron chi connectivity index (χ2n) is 3.61. The summed E-state index contributed by atoms with van der Waals surface area (Å²) in [7, 11) is -1.80. The first-order chi connectivity index (χ1) is 7.50. The molecule has 0 heterocycles. The summed E-state index contributed by atoms with van der Waals surface area (Å²) in [5, 5.41) is 17.6. The second kappa shape index (κ2) is 5.68. The van der Waals surface area contributed by atoms with E-state index in [1.165, 1.54) is 12.1 Å². The topological polar surface area (TPSA) is 49.7 Å². The van der Waals surface area contributed by atoms with Gasteiger partial charge in [0.15, 0.2) is 0 Å². The summed E-state index contributed by atoms with van der Waals surface area (Å²) in [6.45, 7) is 6.03. The number of ether oxygens (including phenoxy) is 1. The normalized spacial score (nSPS) is 10.0. The highest BCUT2D eigenvalue weighted by molar-refractivity contribution is 6.58. The van der Waals surface area contributed by atoms with E-state index in [1.807, 2.05) is 6.92 Å². The summed E-state index contributed by atoms with van der Waals surface area (Å²) in [6.07, 6.45) is 0.700. The predicted octanol–water partition coefficient (Wildman–Crippen LogP) is 0.851. The summed E-state index contributed by atoms with van der Waals surface area (Å²) in [5.41, 5.74) is 0.829. The molecule has 16 heavy (non-hydrogen) atoms. The van der Waals surface area contributed by atoms with E-state index in [9.17, 15) is 4.39 Å². The third-order valence-corrected chi connectivity index (χ3v) is 2.05. The monoisotopic (exact) mass is 224 g/mol. The van der Waals surface area contributed by atoms with Crippen LogP contribution in [0.5, 0.6) is 5.75 Å². The molecule has 0 aromatic heterocycles. The van der Waals surface area contributed by atoms with Crippen LogP contribution in [0.4, 0.5) is 4.39 Å². The molecule has 0 amide bonds. The zero-order chi connectivity index (χ0) is 12.1. The average molecular weight is 224 g/mol. The van der Waals surface area contributed by atoms with Crippen LogP contribution >= 0.6 is 0 Å². The molecule has 0 aliphatic heterocycles. The Morgan fingerprint density at radius 2 is 2.19 bits per heavy atom. The number of benzene rings is 1. The predicted molar refractivity (Wildman–Crippen MR) is 61.2 cm³/mol. The number of hydrogen-bond acceptors (Lipinski definition) is 3. The molecular formula is C11H14BFO3. The Hall–Kier alpha value is -1.33. The molecule has 0 fully saturated rings. The van der Waals surface area contributed by atoms with Gasteiger partial charge in [0.2, 0.25) is 0 Å². The molecule has 0 aliphatic carbocycles. The number of halogens is 1. The summed E-state index contributed by atoms with van der Waals surface area (Å²) >= 11 is 0. The quantitative estimate of drug-likeness (QED) is 0.575. The maximum atomic E-state index is 13.3. The van der Waals surface area contributed by atoms with Crippen LogP contribution < -0.4 is 10.2 Å². The van der Waals surface area contributed by atoms with Gasteiger partial charge < -0.3 is 14.8 Å². The highest BCUT2D eigenvalue weighted by Gasteiger charge is 2.16. The fourth-order valence-electron chi connectivity index (χ4n) is 1.15. The van der Waals surface area contributed by atoms with E-state index in [0.29, 0.717) is 18.8 Å². The molecule has 0 saturated heterocycles. The van der Waals surface area contributed by atoms with Gasteiger partial charge in [-0.15, -0.1) is 6.58 Å². The van der Waals surface area contributed by atoms with Crippen LogP contribution in [0.3, 0.4) is 0 Å². The van der Waals surface area contributed by atoms with Gasteiger partial charge >= 0.3 is 7.12 Å². The third kappa shape index (κ3) is 3.68. The SMILES string of the molecule is C=C(C)CCOc1ccc(B(O)O)c(F)c1. The molecule has 0 atom stereocenters. The Kier molecular flexibility index (Phi) is 4.52. The largest absolute Gasteiger partial charge is 0.493 e. The molecule has 1 rings (SSSR count). The van der Waals surface area contributed by atoms with Crippen molar-refractivity contribution in [2.24, 2.45) is 0 Å². The van der Waals surface area contributed by atoms with E-state index in [4.69, 9.17) is 14.8 Å². The minimum atomic E-state index is -1.80. The molecule has 0 spiro atoms. The molecule has 1 aromatic carbocycles. The van der Waals surface area contributed by atoms with Crippen LogP contribution in [0.1, 0.15) is 13.3 Å². The van der Waals surface area contributed by atoms with Crippen LogP contribution in [0.25, 0.3) is 0 Å². The summed E-state index contributed by atoms with van der Waals surface area (Å²) in [6, 6.07) is 3.92. The lowest BCUT2D eigenvalue weighted by atomic mass is 9.80. The van der Waals surface area contributed by atoms with Crippen molar-refractivity contribution in [3.05, 3.63) is 36.2 Å². The van der Waals surface area contributed by atoms with Gasteiger partial charge in [-0.05, 0) is 13.0 Å². The molecule has 2 N–H and O–H groups in total. The van der Waals surface area contributed by atoms with E-state index < -0.39 is 12.9 Å². The van der Waals surface area contributed by atoms with Crippen LogP contribution in [0, 0.1) is 5.82 Å². The Morgan fingerprint density at radius 3 is 2.69 bits per heavy atom. The van der Waals surface area contributed by atoms with Crippen molar-refractivity contribution in [3.8, 4) is 5.75 Å². The van der Waals surface area contributed by atoms with E-state index >= 15 is 0 Å². The lowest BCUT2D eigenvalue weighted by Crippen LogP contribution is -2.32. The molecule has 1 aromatic rings. The van der Waals surface area contributed by atoms with E-state index in [1.54, 1.807) is 0 Å². The minimum absolute atomic E-state index is 0.160. The zero-order valence-corrected chi connectivity index (χ0v) is 9.11. The van der Waals surface area contributed by atoms with Gasteiger partial charge in [-0.2, -0.15) is 0 Å². The van der Waals surface area contributed by atoms with Gasteiger partial charge in [-0.25, -0.2) is 4.39 Å². The Balaban J connectivity index is 2.63. The summed E-state index contributed by atoms with van der Waals surface area (Å²) < 4.78 is 18.5. The van der Waals surface area contributed by atoms with Gasteiger partial charge in [0.1, 0.15) is 11.6 Å². The van der Waals surface area contributed by atoms with E-state index in [-0.39, 0.29) is 5.46 Å². The van der Waals surface area contributed by atoms with Crippen LogP contribution in [0.2, 0.25) is 0 Å². The molecule has 0 saturated carbocycles. The Morgan fingerprint density at radius 1 is 1.50 bits per heavy atom. The molecule has 86 valence electrons. The maximum absolute atomic E-state index is 13.3. The van der Waals surface area contributed by atoms with Crippen molar-refractivity contribution < 1.29 is 19.2 Å². The first-order valence-electron chi connectivity index (χ1n) is 4.93. The second-order valence-corrected chi connectivity index (χ2v) is 3.61. The van der Waals surface area contributed by atoms with Crippen molar-refractivity contribution in [2.75, 3.05) is 6.61 Å². The summed E-state index contributed by atoms with van der Waals surface area (Å²) in [5.74, 6) is -0.328. The maximum Gasteiger partial charge on any atom is 0.491 e. The van der Waals surface area contributed by atoms with Crippen LogP contribution in [0.15, 0.2) is 30.4 Å². The fourth-order valence-corrected chi connectivity index (χ4v) is 1.15. The average Bonchev–Trinajstić information content (AvgIpc) is 2.16. The van der Waals surface area contributed by atoms with Crippen molar-refractivity contribution in [1.29, 1.82) is 0 Å². The Bertz CT molecular complexity index is 379. The smallest absolute Gasteiger partial charge is 0.491 e. The third-order valence-electron chi connectivity index (χ3n) is 2.05. The first-order valence-corrected chi connectivity index (χ1v) is 4.93. The van der Waals surface area contributed by atoms with E-state index in [0.717, 1.165) is 11.6 Å². The standard InChI is InChI=1S/C11H14BFO3/c1-8(2)5-6-16-9-3-4-10(12(14)15)11(13)7-9/h3-4,7,14-15H,1,5-6H2,2H3. The highest BCUT2D eigenvalue weighted by atomic mass is 19.1. The fraction of sp³-hybridized carbons (Fsp3) is 0.273. The first kappa shape index (κ1) is 12.7. The molecule has 0 radical (unpaired) electrons. The van der Waals surface area contributed by atoms with Crippen molar-refractivity contribution in [2.45, 2.75) is 13.3 Å².